The molecule has 0 aliphatic carbocycles. The summed E-state index contributed by atoms with van der Waals surface area (Å²) in [5.74, 6) is 0.392. The van der Waals surface area contributed by atoms with E-state index in [1.807, 2.05) is 0 Å². The van der Waals surface area contributed by atoms with Gasteiger partial charge in [0.2, 0.25) is 0 Å². The number of H-pyrrole nitrogens is 1. The Hall–Kier alpha value is -1.82. The zero-order chi connectivity index (χ0) is 16.6. The summed E-state index contributed by atoms with van der Waals surface area (Å²) in [6.45, 7) is 0. The van der Waals surface area contributed by atoms with E-state index >= 15 is 0 Å². The van der Waals surface area contributed by atoms with Gasteiger partial charge in [-0.25, -0.2) is 4.98 Å². The monoisotopic (exact) mass is 410 g/mol. The lowest BCUT2D eigenvalue weighted by atomic mass is 10.2. The summed E-state index contributed by atoms with van der Waals surface area (Å²) in [5, 5.41) is 10.6. The molecule has 0 aliphatic rings. The van der Waals surface area contributed by atoms with Crippen LogP contribution in [0.2, 0.25) is 5.02 Å². The topological polar surface area (TPSA) is 66.0 Å². The second kappa shape index (κ2) is 6.35. The van der Waals surface area contributed by atoms with E-state index in [2.05, 4.69) is 25.9 Å². The standard InChI is InChI=1S/C16H9BrCl2N2O2/c17-11-5-8(1-4-14(11)22)6-12(19)15-20-13-3-2-9(18)7-10(13)16(23)21-15/h1-7,22H,(H,20,21,23)/b12-6-. The van der Waals surface area contributed by atoms with E-state index in [-0.39, 0.29) is 22.2 Å². The number of nitrogens with zero attached hydrogens (tertiary/aromatic N) is 1. The SMILES string of the molecule is O=c1[nH]c(/C(Cl)=C/c2ccc(O)c(Br)c2)nc2ccc(Cl)cc12. The van der Waals surface area contributed by atoms with Gasteiger partial charge < -0.3 is 10.1 Å². The first-order valence-corrected chi connectivity index (χ1v) is 8.04. The third-order valence-electron chi connectivity index (χ3n) is 3.16. The lowest BCUT2D eigenvalue weighted by Crippen LogP contribution is -2.10. The van der Waals surface area contributed by atoms with E-state index in [0.29, 0.717) is 20.4 Å². The van der Waals surface area contributed by atoms with E-state index in [1.54, 1.807) is 42.5 Å². The minimum Gasteiger partial charge on any atom is -0.507 e. The Morgan fingerprint density at radius 1 is 1.26 bits per heavy atom. The molecule has 2 aromatic carbocycles. The number of rotatable bonds is 2. The van der Waals surface area contributed by atoms with Crippen molar-refractivity contribution in [3.8, 4) is 5.75 Å². The highest BCUT2D eigenvalue weighted by molar-refractivity contribution is 9.10. The fourth-order valence-corrected chi connectivity index (χ4v) is 2.84. The summed E-state index contributed by atoms with van der Waals surface area (Å²) in [7, 11) is 0. The molecular formula is C16H9BrCl2N2O2. The van der Waals surface area contributed by atoms with Crippen molar-refractivity contribution in [2.75, 3.05) is 0 Å². The third kappa shape index (κ3) is 3.42. The van der Waals surface area contributed by atoms with Crippen LogP contribution in [-0.2, 0) is 0 Å². The van der Waals surface area contributed by atoms with Gasteiger partial charge in [0.05, 0.1) is 20.4 Å². The second-order valence-corrected chi connectivity index (χ2v) is 6.48. The lowest BCUT2D eigenvalue weighted by molar-refractivity contribution is 0.472. The fourth-order valence-electron chi connectivity index (χ4n) is 2.05. The van der Waals surface area contributed by atoms with Gasteiger partial charge in [0.15, 0.2) is 5.82 Å². The molecule has 116 valence electrons. The molecule has 1 aromatic heterocycles. The van der Waals surface area contributed by atoms with Crippen molar-refractivity contribution in [3.63, 3.8) is 0 Å². The number of hydrogen-bond acceptors (Lipinski definition) is 3. The molecule has 3 rings (SSSR count). The molecule has 23 heavy (non-hydrogen) atoms. The number of aromatic hydroxyl groups is 1. The van der Waals surface area contributed by atoms with E-state index < -0.39 is 0 Å². The van der Waals surface area contributed by atoms with E-state index in [9.17, 15) is 9.90 Å². The molecule has 1 heterocycles. The molecule has 2 N–H and O–H groups in total. The maximum Gasteiger partial charge on any atom is 0.259 e. The Labute approximate surface area is 149 Å². The lowest BCUT2D eigenvalue weighted by Gasteiger charge is -2.03. The van der Waals surface area contributed by atoms with Crippen LogP contribution in [0.1, 0.15) is 11.4 Å². The molecule has 4 nitrogen and oxygen atoms in total. The smallest absolute Gasteiger partial charge is 0.259 e. The predicted molar refractivity (Wildman–Crippen MR) is 96.9 cm³/mol. The van der Waals surface area contributed by atoms with Crippen LogP contribution in [0, 0.1) is 0 Å². The van der Waals surface area contributed by atoms with Gasteiger partial charge in [-0.2, -0.15) is 0 Å². The van der Waals surface area contributed by atoms with Gasteiger partial charge in [-0.1, -0.05) is 29.3 Å². The second-order valence-electron chi connectivity index (χ2n) is 4.78. The molecule has 0 amide bonds. The maximum atomic E-state index is 12.1. The summed E-state index contributed by atoms with van der Waals surface area (Å²) in [6.07, 6.45) is 1.64. The molecule has 0 saturated carbocycles. The number of nitrogens with one attached hydrogen (secondary N) is 1. The number of halogens is 3. The van der Waals surface area contributed by atoms with Crippen LogP contribution in [0.5, 0.6) is 5.75 Å². The Bertz CT molecular complexity index is 999. The van der Waals surface area contributed by atoms with Crippen LogP contribution >= 0.6 is 39.1 Å². The summed E-state index contributed by atoms with van der Waals surface area (Å²) in [5.41, 5.74) is 0.941. The van der Waals surface area contributed by atoms with Crippen molar-refractivity contribution in [3.05, 3.63) is 67.6 Å². The molecule has 3 aromatic rings. The van der Waals surface area contributed by atoms with Crippen LogP contribution in [0.3, 0.4) is 0 Å². The summed E-state index contributed by atoms with van der Waals surface area (Å²) in [4.78, 5) is 19.1. The summed E-state index contributed by atoms with van der Waals surface area (Å²) < 4.78 is 0.547. The highest BCUT2D eigenvalue weighted by Gasteiger charge is 2.08. The summed E-state index contributed by atoms with van der Waals surface area (Å²) in [6, 6.07) is 9.82. The molecule has 0 aliphatic heterocycles. The van der Waals surface area contributed by atoms with Crippen molar-refractivity contribution < 1.29 is 5.11 Å². The Balaban J connectivity index is 2.08. The van der Waals surface area contributed by atoms with Gasteiger partial charge in [0, 0.05) is 5.02 Å². The number of phenolic OH excluding ortho intramolecular Hbond substituents is 1. The number of hydrogen-bond donors (Lipinski definition) is 2. The number of benzene rings is 2. The van der Waals surface area contributed by atoms with Gasteiger partial charge in [0.1, 0.15) is 5.75 Å². The minimum atomic E-state index is -0.314. The molecule has 0 spiro atoms. The third-order valence-corrected chi connectivity index (χ3v) is 4.32. The highest BCUT2D eigenvalue weighted by atomic mass is 79.9. The van der Waals surface area contributed by atoms with Crippen molar-refractivity contribution in [2.45, 2.75) is 0 Å². The first-order valence-electron chi connectivity index (χ1n) is 6.50. The van der Waals surface area contributed by atoms with Gasteiger partial charge >= 0.3 is 0 Å². The molecule has 7 heteroatoms. The van der Waals surface area contributed by atoms with Crippen LogP contribution in [0.4, 0.5) is 0 Å². The Kier molecular flexibility index (Phi) is 4.43. The molecule has 0 radical (unpaired) electrons. The van der Waals surface area contributed by atoms with Crippen LogP contribution in [0.15, 0.2) is 45.7 Å². The van der Waals surface area contributed by atoms with E-state index in [1.165, 1.54) is 0 Å². The van der Waals surface area contributed by atoms with Crippen LogP contribution in [0.25, 0.3) is 22.0 Å². The van der Waals surface area contributed by atoms with Gasteiger partial charge in [0.25, 0.3) is 5.56 Å². The molecule has 0 saturated heterocycles. The molecule has 0 atom stereocenters. The molecular weight excluding hydrogens is 403 g/mol. The van der Waals surface area contributed by atoms with Crippen molar-refractivity contribution in [1.29, 1.82) is 0 Å². The zero-order valence-electron chi connectivity index (χ0n) is 11.5. The normalized spacial score (nSPS) is 11.9. The van der Waals surface area contributed by atoms with E-state index in [4.69, 9.17) is 23.2 Å². The molecule has 0 bridgehead atoms. The summed E-state index contributed by atoms with van der Waals surface area (Å²) >= 11 is 15.4. The Morgan fingerprint density at radius 2 is 2.04 bits per heavy atom. The average Bonchev–Trinajstić information content (AvgIpc) is 2.51. The molecule has 0 unspecified atom stereocenters. The fraction of sp³-hybridized carbons (Fsp3) is 0. The van der Waals surface area contributed by atoms with E-state index in [0.717, 1.165) is 5.56 Å². The van der Waals surface area contributed by atoms with Gasteiger partial charge in [-0.15, -0.1) is 0 Å². The molecule has 0 fully saturated rings. The maximum absolute atomic E-state index is 12.1. The zero-order valence-corrected chi connectivity index (χ0v) is 14.6. The van der Waals surface area contributed by atoms with Crippen molar-refractivity contribution in [1.82, 2.24) is 9.97 Å². The quantitative estimate of drug-likeness (QED) is 0.637. The van der Waals surface area contributed by atoms with Gasteiger partial charge in [-0.3, -0.25) is 4.79 Å². The number of phenols is 1. The minimum absolute atomic E-state index is 0.132. The number of fused-ring (bicyclic) bond motifs is 1. The highest BCUT2D eigenvalue weighted by Crippen LogP contribution is 2.27. The van der Waals surface area contributed by atoms with Crippen LogP contribution in [-0.4, -0.2) is 15.1 Å². The predicted octanol–water partition coefficient (Wildman–Crippen LogP) is 4.78. The first-order chi connectivity index (χ1) is 10.9. The van der Waals surface area contributed by atoms with Crippen molar-refractivity contribution >= 4 is 61.1 Å². The average molecular weight is 412 g/mol. The number of aromatic amines is 1. The Morgan fingerprint density at radius 3 is 2.78 bits per heavy atom. The largest absolute Gasteiger partial charge is 0.507 e. The van der Waals surface area contributed by atoms with Crippen LogP contribution < -0.4 is 5.56 Å². The number of aromatic nitrogens is 2. The van der Waals surface area contributed by atoms with Crippen molar-refractivity contribution in [2.24, 2.45) is 0 Å². The van der Waals surface area contributed by atoms with Gasteiger partial charge in [-0.05, 0) is 57.9 Å². The first kappa shape index (κ1) is 16.1.